The van der Waals surface area contributed by atoms with Crippen molar-refractivity contribution < 1.29 is 9.21 Å². The van der Waals surface area contributed by atoms with Crippen molar-refractivity contribution in [3.05, 3.63) is 61.3 Å². The van der Waals surface area contributed by atoms with E-state index in [1.807, 2.05) is 47.0 Å². The normalized spacial score (nSPS) is 10.9. The molecule has 7 nitrogen and oxygen atoms in total. The first-order valence-corrected chi connectivity index (χ1v) is 7.86. The third-order valence-electron chi connectivity index (χ3n) is 3.86. The zero-order chi connectivity index (χ0) is 17.1. The number of hydrogen-bond donors (Lipinski definition) is 1. The van der Waals surface area contributed by atoms with E-state index in [2.05, 4.69) is 20.5 Å². The van der Waals surface area contributed by atoms with Crippen LogP contribution in [0.1, 0.15) is 6.42 Å². The van der Waals surface area contributed by atoms with Crippen molar-refractivity contribution in [3.8, 4) is 11.5 Å². The molecule has 4 rings (SSSR count). The maximum Gasteiger partial charge on any atom is 0.247 e. The van der Waals surface area contributed by atoms with Gasteiger partial charge in [0.15, 0.2) is 0 Å². The number of carbonyl (C=O) groups is 1. The number of carbonyl (C=O) groups excluding carboxylic acids is 1. The van der Waals surface area contributed by atoms with Gasteiger partial charge in [-0.15, -0.1) is 10.2 Å². The van der Waals surface area contributed by atoms with Gasteiger partial charge >= 0.3 is 0 Å². The van der Waals surface area contributed by atoms with Gasteiger partial charge < -0.3 is 14.3 Å². The number of para-hydroxylation sites is 2. The standard InChI is InChI=1S/C18H15N5O2/c24-17(8-9-23-11-19-15-6-1-2-7-16(15)23)21-14-5-3-4-13(10-14)18-22-20-12-25-18/h1-7,10-12H,8-9H2,(H,21,24). The molecular formula is C18H15N5O2. The fraction of sp³-hybridized carbons (Fsp3) is 0.111. The van der Waals surface area contributed by atoms with Crippen LogP contribution in [0.3, 0.4) is 0 Å². The first kappa shape index (κ1) is 15.1. The van der Waals surface area contributed by atoms with Crippen LogP contribution in [0.15, 0.2) is 65.7 Å². The second-order valence-electron chi connectivity index (χ2n) is 5.55. The first-order valence-electron chi connectivity index (χ1n) is 7.86. The molecule has 0 aliphatic carbocycles. The number of rotatable bonds is 5. The molecule has 124 valence electrons. The van der Waals surface area contributed by atoms with Crippen molar-refractivity contribution in [2.45, 2.75) is 13.0 Å². The molecule has 0 unspecified atom stereocenters. The molecule has 4 aromatic rings. The van der Waals surface area contributed by atoms with Crippen molar-refractivity contribution in [1.82, 2.24) is 19.7 Å². The van der Waals surface area contributed by atoms with Crippen LogP contribution in [-0.4, -0.2) is 25.7 Å². The summed E-state index contributed by atoms with van der Waals surface area (Å²) in [4.78, 5) is 16.6. The summed E-state index contributed by atoms with van der Waals surface area (Å²) < 4.78 is 7.15. The van der Waals surface area contributed by atoms with Crippen molar-refractivity contribution in [1.29, 1.82) is 0 Å². The quantitative estimate of drug-likeness (QED) is 0.606. The lowest BCUT2D eigenvalue weighted by Gasteiger charge is -2.07. The first-order chi connectivity index (χ1) is 12.3. The largest absolute Gasteiger partial charge is 0.423 e. The molecule has 1 amide bonds. The maximum atomic E-state index is 12.2. The SMILES string of the molecule is O=C(CCn1cnc2ccccc21)Nc1cccc(-c2nnco2)c1. The molecule has 0 atom stereocenters. The molecule has 0 radical (unpaired) electrons. The minimum atomic E-state index is -0.0690. The predicted molar refractivity (Wildman–Crippen MR) is 92.7 cm³/mol. The summed E-state index contributed by atoms with van der Waals surface area (Å²) in [6, 6.07) is 15.2. The molecule has 0 saturated carbocycles. The molecular weight excluding hydrogens is 318 g/mol. The number of hydrogen-bond acceptors (Lipinski definition) is 5. The van der Waals surface area contributed by atoms with E-state index in [0.29, 0.717) is 24.5 Å². The summed E-state index contributed by atoms with van der Waals surface area (Å²) >= 11 is 0. The second kappa shape index (κ2) is 6.56. The molecule has 25 heavy (non-hydrogen) atoms. The van der Waals surface area contributed by atoms with Gasteiger partial charge in [0, 0.05) is 24.2 Å². The molecule has 7 heteroatoms. The van der Waals surface area contributed by atoms with Crippen molar-refractivity contribution >= 4 is 22.6 Å². The highest BCUT2D eigenvalue weighted by atomic mass is 16.4. The van der Waals surface area contributed by atoms with Gasteiger partial charge in [0.1, 0.15) is 0 Å². The number of anilines is 1. The molecule has 0 saturated heterocycles. The van der Waals surface area contributed by atoms with Crippen LogP contribution < -0.4 is 5.32 Å². The number of aryl methyl sites for hydroxylation is 1. The predicted octanol–water partition coefficient (Wildman–Crippen LogP) is 3.12. The Labute approximate surface area is 143 Å². The Kier molecular flexibility index (Phi) is 3.96. The van der Waals surface area contributed by atoms with Gasteiger partial charge in [0.25, 0.3) is 0 Å². The smallest absolute Gasteiger partial charge is 0.247 e. The topological polar surface area (TPSA) is 85.8 Å². The zero-order valence-corrected chi connectivity index (χ0v) is 13.3. The highest BCUT2D eigenvalue weighted by Crippen LogP contribution is 2.20. The number of nitrogens with one attached hydrogen (secondary N) is 1. The van der Waals surface area contributed by atoms with E-state index in [0.717, 1.165) is 16.6 Å². The van der Waals surface area contributed by atoms with Gasteiger partial charge in [-0.1, -0.05) is 18.2 Å². The van der Waals surface area contributed by atoms with Crippen LogP contribution >= 0.6 is 0 Å². The van der Waals surface area contributed by atoms with Gasteiger partial charge in [-0.3, -0.25) is 4.79 Å². The Morgan fingerprint density at radius 2 is 2.08 bits per heavy atom. The number of benzene rings is 2. The number of amides is 1. The molecule has 2 aromatic heterocycles. The Balaban J connectivity index is 1.42. The Bertz CT molecular complexity index is 1010. The van der Waals surface area contributed by atoms with Crippen LogP contribution in [-0.2, 0) is 11.3 Å². The van der Waals surface area contributed by atoms with E-state index >= 15 is 0 Å². The minimum Gasteiger partial charge on any atom is -0.423 e. The van der Waals surface area contributed by atoms with E-state index < -0.39 is 0 Å². The second-order valence-corrected chi connectivity index (χ2v) is 5.55. The van der Waals surface area contributed by atoms with Crippen LogP contribution in [0, 0.1) is 0 Å². The summed E-state index contributed by atoms with van der Waals surface area (Å²) in [6.07, 6.45) is 3.38. The highest BCUT2D eigenvalue weighted by Gasteiger charge is 2.08. The molecule has 2 aromatic carbocycles. The molecule has 0 bridgehead atoms. The lowest BCUT2D eigenvalue weighted by Crippen LogP contribution is -2.14. The summed E-state index contributed by atoms with van der Waals surface area (Å²) in [5.41, 5.74) is 3.40. The van der Waals surface area contributed by atoms with E-state index in [1.165, 1.54) is 6.39 Å². The average Bonchev–Trinajstić information content (AvgIpc) is 3.30. The van der Waals surface area contributed by atoms with Crippen molar-refractivity contribution in [2.24, 2.45) is 0 Å². The number of nitrogens with zero attached hydrogens (tertiary/aromatic N) is 4. The molecule has 0 spiro atoms. The molecule has 0 aliphatic rings. The zero-order valence-electron chi connectivity index (χ0n) is 13.3. The molecule has 0 aliphatic heterocycles. The summed E-state index contributed by atoms with van der Waals surface area (Å²) in [7, 11) is 0. The average molecular weight is 333 g/mol. The Morgan fingerprint density at radius 1 is 1.16 bits per heavy atom. The number of fused-ring (bicyclic) bond motifs is 1. The summed E-state index contributed by atoms with van der Waals surface area (Å²) in [6.45, 7) is 0.565. The van der Waals surface area contributed by atoms with Gasteiger partial charge in [0.05, 0.1) is 17.4 Å². The van der Waals surface area contributed by atoms with Gasteiger partial charge in [-0.05, 0) is 30.3 Å². The van der Waals surface area contributed by atoms with E-state index in [-0.39, 0.29) is 5.91 Å². The number of imidazole rings is 1. The van der Waals surface area contributed by atoms with Crippen LogP contribution in [0.4, 0.5) is 5.69 Å². The van der Waals surface area contributed by atoms with Gasteiger partial charge in [-0.25, -0.2) is 4.98 Å². The van der Waals surface area contributed by atoms with E-state index in [4.69, 9.17) is 4.42 Å². The molecule has 1 N–H and O–H groups in total. The Morgan fingerprint density at radius 3 is 2.96 bits per heavy atom. The third kappa shape index (κ3) is 3.25. The fourth-order valence-corrected chi connectivity index (χ4v) is 2.66. The molecule has 0 fully saturated rings. The Hall–Kier alpha value is -3.48. The molecule has 2 heterocycles. The fourth-order valence-electron chi connectivity index (χ4n) is 2.66. The third-order valence-corrected chi connectivity index (χ3v) is 3.86. The number of aromatic nitrogens is 4. The van der Waals surface area contributed by atoms with Gasteiger partial charge in [-0.2, -0.15) is 0 Å². The van der Waals surface area contributed by atoms with Gasteiger partial charge in [0.2, 0.25) is 18.2 Å². The van der Waals surface area contributed by atoms with Crippen LogP contribution in [0.2, 0.25) is 0 Å². The minimum absolute atomic E-state index is 0.0690. The lowest BCUT2D eigenvalue weighted by atomic mass is 10.2. The lowest BCUT2D eigenvalue weighted by molar-refractivity contribution is -0.116. The maximum absolute atomic E-state index is 12.2. The van der Waals surface area contributed by atoms with Crippen LogP contribution in [0.5, 0.6) is 0 Å². The van der Waals surface area contributed by atoms with E-state index in [1.54, 1.807) is 12.4 Å². The highest BCUT2D eigenvalue weighted by molar-refractivity contribution is 5.91. The summed E-state index contributed by atoms with van der Waals surface area (Å²) in [5.74, 6) is 0.349. The van der Waals surface area contributed by atoms with Crippen LogP contribution in [0.25, 0.3) is 22.5 Å². The van der Waals surface area contributed by atoms with Crippen molar-refractivity contribution in [2.75, 3.05) is 5.32 Å². The summed E-state index contributed by atoms with van der Waals surface area (Å²) in [5, 5.41) is 10.4. The van der Waals surface area contributed by atoms with Crippen molar-refractivity contribution in [3.63, 3.8) is 0 Å². The van der Waals surface area contributed by atoms with E-state index in [9.17, 15) is 4.79 Å². The monoisotopic (exact) mass is 333 g/mol.